The Morgan fingerprint density at radius 1 is 1.08 bits per heavy atom. The highest BCUT2D eigenvalue weighted by molar-refractivity contribution is 5.70. The summed E-state index contributed by atoms with van der Waals surface area (Å²) in [5.74, 6) is -0.206. The van der Waals surface area contributed by atoms with Crippen LogP contribution in [0.4, 0.5) is 0 Å². The van der Waals surface area contributed by atoms with E-state index in [-0.39, 0.29) is 5.97 Å². The number of rotatable bonds is 14. The Kier molecular flexibility index (Phi) is 10.7. The van der Waals surface area contributed by atoms with Gasteiger partial charge in [0.05, 0.1) is 45.8 Å². The molecule has 1 aromatic rings. The SMILES string of the molecule is CC(C)(C)OC(=O)CCCOCCOCCOCCn1cc(C=O)nn1. The van der Waals surface area contributed by atoms with Crippen LogP contribution in [0, 0.1) is 0 Å². The Balaban J connectivity index is 1.83. The van der Waals surface area contributed by atoms with Crippen molar-refractivity contribution < 1.29 is 28.5 Å². The Bertz CT molecular complexity index is 527. The number of carbonyl (C=O) groups is 2. The van der Waals surface area contributed by atoms with Crippen molar-refractivity contribution in [2.75, 3.05) is 39.6 Å². The molecule has 9 nitrogen and oxygen atoms in total. The molecule has 9 heteroatoms. The maximum atomic E-state index is 11.5. The van der Waals surface area contributed by atoms with Crippen LogP contribution in [0.3, 0.4) is 0 Å². The van der Waals surface area contributed by atoms with Gasteiger partial charge in [0.25, 0.3) is 0 Å². The molecule has 0 aromatic carbocycles. The maximum absolute atomic E-state index is 11.5. The van der Waals surface area contributed by atoms with Gasteiger partial charge < -0.3 is 18.9 Å². The van der Waals surface area contributed by atoms with E-state index < -0.39 is 5.60 Å². The minimum Gasteiger partial charge on any atom is -0.460 e. The molecule has 0 aliphatic heterocycles. The molecule has 0 spiro atoms. The van der Waals surface area contributed by atoms with Gasteiger partial charge in [0.15, 0.2) is 6.29 Å². The molecular weight excluding hydrogens is 342 g/mol. The molecule has 0 radical (unpaired) electrons. The van der Waals surface area contributed by atoms with Gasteiger partial charge in [0, 0.05) is 13.0 Å². The topological polar surface area (TPSA) is 102 Å². The lowest BCUT2D eigenvalue weighted by Gasteiger charge is -2.19. The summed E-state index contributed by atoms with van der Waals surface area (Å²) in [6.45, 7) is 8.92. The van der Waals surface area contributed by atoms with Crippen LogP contribution in [-0.4, -0.2) is 72.5 Å². The average molecular weight is 371 g/mol. The third-order valence-electron chi connectivity index (χ3n) is 2.98. The quantitative estimate of drug-likeness (QED) is 0.274. The minimum atomic E-state index is -0.443. The van der Waals surface area contributed by atoms with Crippen LogP contribution in [-0.2, 0) is 30.3 Å². The number of ether oxygens (including phenoxy) is 4. The molecule has 0 N–H and O–H groups in total. The molecule has 0 saturated carbocycles. The zero-order valence-corrected chi connectivity index (χ0v) is 15.8. The van der Waals surface area contributed by atoms with Crippen LogP contribution in [0.1, 0.15) is 44.1 Å². The van der Waals surface area contributed by atoms with E-state index in [9.17, 15) is 9.59 Å². The standard InChI is InChI=1S/C17H29N3O6/c1-17(2,3)26-16(22)5-4-7-23-9-11-25-12-10-24-8-6-20-13-15(14-21)18-19-20/h13-14H,4-12H2,1-3H3. The van der Waals surface area contributed by atoms with E-state index in [0.29, 0.717) is 71.0 Å². The van der Waals surface area contributed by atoms with Crippen molar-refractivity contribution in [3.8, 4) is 0 Å². The van der Waals surface area contributed by atoms with Crippen molar-refractivity contribution in [1.82, 2.24) is 15.0 Å². The lowest BCUT2D eigenvalue weighted by molar-refractivity contribution is -0.155. The number of aldehydes is 1. The van der Waals surface area contributed by atoms with E-state index in [4.69, 9.17) is 18.9 Å². The summed E-state index contributed by atoms with van der Waals surface area (Å²) in [6, 6.07) is 0. The first-order chi connectivity index (χ1) is 12.4. The predicted molar refractivity (Wildman–Crippen MR) is 92.9 cm³/mol. The van der Waals surface area contributed by atoms with Gasteiger partial charge in [-0.05, 0) is 27.2 Å². The molecule has 0 aliphatic carbocycles. The third-order valence-corrected chi connectivity index (χ3v) is 2.98. The molecule has 1 rings (SSSR count). The van der Waals surface area contributed by atoms with Gasteiger partial charge in [-0.25, -0.2) is 4.68 Å². The van der Waals surface area contributed by atoms with Crippen LogP contribution in [0.25, 0.3) is 0 Å². The zero-order chi connectivity index (χ0) is 19.3. The maximum Gasteiger partial charge on any atom is 0.306 e. The fourth-order valence-electron chi connectivity index (χ4n) is 1.89. The number of nitrogens with zero attached hydrogens (tertiary/aromatic N) is 3. The van der Waals surface area contributed by atoms with Crippen LogP contribution < -0.4 is 0 Å². The van der Waals surface area contributed by atoms with E-state index in [2.05, 4.69) is 10.3 Å². The lowest BCUT2D eigenvalue weighted by Crippen LogP contribution is -2.23. The summed E-state index contributed by atoms with van der Waals surface area (Å²) in [7, 11) is 0. The third kappa shape index (κ3) is 11.7. The summed E-state index contributed by atoms with van der Waals surface area (Å²) in [5, 5.41) is 7.43. The summed E-state index contributed by atoms with van der Waals surface area (Å²) < 4.78 is 22.9. The van der Waals surface area contributed by atoms with Crippen LogP contribution in [0.5, 0.6) is 0 Å². The van der Waals surface area contributed by atoms with Crippen molar-refractivity contribution >= 4 is 12.3 Å². The highest BCUT2D eigenvalue weighted by Crippen LogP contribution is 2.09. The van der Waals surface area contributed by atoms with Gasteiger partial charge in [-0.1, -0.05) is 5.21 Å². The molecule has 0 bridgehead atoms. The Hall–Kier alpha value is -1.84. The highest BCUT2D eigenvalue weighted by atomic mass is 16.6. The van der Waals surface area contributed by atoms with Gasteiger partial charge in [0.1, 0.15) is 11.3 Å². The monoisotopic (exact) mass is 371 g/mol. The molecule has 0 fully saturated rings. The first-order valence-corrected chi connectivity index (χ1v) is 8.71. The first-order valence-electron chi connectivity index (χ1n) is 8.71. The van der Waals surface area contributed by atoms with Crippen molar-refractivity contribution in [2.45, 2.75) is 45.8 Å². The van der Waals surface area contributed by atoms with E-state index in [0.717, 1.165) is 0 Å². The fraction of sp³-hybridized carbons (Fsp3) is 0.765. The second-order valence-corrected chi connectivity index (χ2v) is 6.55. The van der Waals surface area contributed by atoms with E-state index in [1.54, 1.807) is 10.9 Å². The summed E-state index contributed by atoms with van der Waals surface area (Å²) in [5.41, 5.74) is -0.138. The first kappa shape index (κ1) is 22.2. The van der Waals surface area contributed by atoms with Crippen LogP contribution in [0.15, 0.2) is 6.20 Å². The molecule has 1 aromatic heterocycles. The van der Waals surface area contributed by atoms with Gasteiger partial charge in [-0.15, -0.1) is 5.10 Å². The molecule has 0 aliphatic rings. The summed E-state index contributed by atoms with van der Waals surface area (Å²) in [4.78, 5) is 22.0. The molecule has 0 atom stereocenters. The number of aromatic nitrogens is 3. The van der Waals surface area contributed by atoms with Gasteiger partial charge in [-0.2, -0.15) is 0 Å². The lowest BCUT2D eigenvalue weighted by atomic mass is 10.2. The van der Waals surface area contributed by atoms with Gasteiger partial charge >= 0.3 is 5.97 Å². The average Bonchev–Trinajstić information content (AvgIpc) is 3.02. The zero-order valence-electron chi connectivity index (χ0n) is 15.8. The normalized spacial score (nSPS) is 11.5. The Labute approximate surface area is 153 Å². The smallest absolute Gasteiger partial charge is 0.306 e. The van der Waals surface area contributed by atoms with E-state index >= 15 is 0 Å². The van der Waals surface area contributed by atoms with Crippen molar-refractivity contribution in [3.05, 3.63) is 11.9 Å². The molecule has 0 unspecified atom stereocenters. The second kappa shape index (κ2) is 12.5. The highest BCUT2D eigenvalue weighted by Gasteiger charge is 2.15. The van der Waals surface area contributed by atoms with Crippen LogP contribution >= 0.6 is 0 Å². The number of esters is 1. The largest absolute Gasteiger partial charge is 0.460 e. The van der Waals surface area contributed by atoms with Crippen LogP contribution in [0.2, 0.25) is 0 Å². The molecule has 26 heavy (non-hydrogen) atoms. The number of carbonyl (C=O) groups excluding carboxylic acids is 2. The minimum absolute atomic E-state index is 0.206. The molecule has 148 valence electrons. The van der Waals surface area contributed by atoms with Crippen molar-refractivity contribution in [3.63, 3.8) is 0 Å². The molecule has 0 amide bonds. The number of hydrogen-bond acceptors (Lipinski definition) is 8. The Morgan fingerprint density at radius 3 is 2.27 bits per heavy atom. The van der Waals surface area contributed by atoms with Gasteiger partial charge in [-0.3, -0.25) is 9.59 Å². The fourth-order valence-corrected chi connectivity index (χ4v) is 1.89. The second-order valence-electron chi connectivity index (χ2n) is 6.55. The van der Waals surface area contributed by atoms with E-state index in [1.807, 2.05) is 20.8 Å². The number of hydrogen-bond donors (Lipinski definition) is 0. The Morgan fingerprint density at radius 2 is 1.69 bits per heavy atom. The molecular formula is C17H29N3O6. The summed E-state index contributed by atoms with van der Waals surface area (Å²) in [6.07, 6.45) is 3.20. The van der Waals surface area contributed by atoms with E-state index in [1.165, 1.54) is 0 Å². The molecule has 0 saturated heterocycles. The van der Waals surface area contributed by atoms with Gasteiger partial charge in [0.2, 0.25) is 0 Å². The molecule has 1 heterocycles. The van der Waals surface area contributed by atoms with Crippen molar-refractivity contribution in [1.29, 1.82) is 0 Å². The summed E-state index contributed by atoms with van der Waals surface area (Å²) >= 11 is 0. The predicted octanol–water partition coefficient (Wildman–Crippen LogP) is 1.26. The van der Waals surface area contributed by atoms with Crippen molar-refractivity contribution in [2.24, 2.45) is 0 Å².